The molecule has 0 saturated heterocycles. The first kappa shape index (κ1) is 25.9. The summed E-state index contributed by atoms with van der Waals surface area (Å²) in [6, 6.07) is 29.2. The van der Waals surface area contributed by atoms with Crippen LogP contribution in [-0.4, -0.2) is 33.2 Å². The van der Waals surface area contributed by atoms with Gasteiger partial charge in [0.05, 0.1) is 11.6 Å². The molecule has 0 unspecified atom stereocenters. The van der Waals surface area contributed by atoms with Gasteiger partial charge in [-0.2, -0.15) is 0 Å². The maximum absolute atomic E-state index is 5.18. The molecule has 0 amide bonds. The van der Waals surface area contributed by atoms with E-state index in [0.717, 1.165) is 56.1 Å². The Balaban J connectivity index is 0.00000294. The molecule has 0 aliphatic heterocycles. The first-order chi connectivity index (χ1) is 17.8. The second-order valence-corrected chi connectivity index (χ2v) is 10.3. The van der Waals surface area contributed by atoms with Gasteiger partial charge in [-0.15, -0.1) is 35.0 Å². The van der Waals surface area contributed by atoms with Crippen LogP contribution < -0.4 is 4.90 Å². The van der Waals surface area contributed by atoms with Crippen molar-refractivity contribution < 1.29 is 21.1 Å². The predicted molar refractivity (Wildman–Crippen MR) is 151 cm³/mol. The number of hydrogen-bond acceptors (Lipinski definition) is 3. The first-order valence-electron chi connectivity index (χ1n) is 12.5. The fourth-order valence-electron chi connectivity index (χ4n) is 4.82. The zero-order chi connectivity index (χ0) is 25.7. The molecule has 0 aliphatic carbocycles. The number of aromatic nitrogens is 4. The minimum Gasteiger partial charge on any atom is -0.429 e. The Bertz CT molecular complexity index is 1760. The third kappa shape index (κ3) is 4.46. The van der Waals surface area contributed by atoms with Gasteiger partial charge in [-0.25, -0.2) is 0 Å². The summed E-state index contributed by atoms with van der Waals surface area (Å²) in [5, 5.41) is 2.28. The maximum atomic E-state index is 5.18. The van der Waals surface area contributed by atoms with Crippen molar-refractivity contribution in [1.82, 2.24) is 19.1 Å². The molecule has 0 atom stereocenters. The molecule has 192 valence electrons. The number of benzene rings is 2. The second kappa shape index (κ2) is 9.88. The number of nitrogens with zero attached hydrogens (tertiary/aromatic N) is 5. The van der Waals surface area contributed by atoms with Crippen LogP contribution in [0.3, 0.4) is 0 Å². The summed E-state index contributed by atoms with van der Waals surface area (Å²) >= 11 is 0. The smallest absolute Gasteiger partial charge is 0.429 e. The van der Waals surface area contributed by atoms with E-state index in [0.29, 0.717) is 0 Å². The van der Waals surface area contributed by atoms with Gasteiger partial charge in [0.15, 0.2) is 0 Å². The van der Waals surface area contributed by atoms with Crippen LogP contribution in [0.15, 0.2) is 84.9 Å². The largest absolute Gasteiger partial charge is 2.00 e. The van der Waals surface area contributed by atoms with Crippen molar-refractivity contribution in [2.75, 3.05) is 19.0 Å². The number of fused-ring (bicyclic) bond motifs is 2. The van der Waals surface area contributed by atoms with Crippen LogP contribution in [0.4, 0.5) is 5.69 Å². The van der Waals surface area contributed by atoms with Crippen LogP contribution in [0.25, 0.3) is 33.4 Å². The molecule has 6 aromatic rings. The number of para-hydroxylation sites is 2. The van der Waals surface area contributed by atoms with Crippen molar-refractivity contribution in [3.05, 3.63) is 114 Å². The molecule has 0 radical (unpaired) electrons. The monoisotopic (exact) mass is 678 g/mol. The van der Waals surface area contributed by atoms with E-state index in [1.165, 1.54) is 0 Å². The van der Waals surface area contributed by atoms with E-state index in [1.54, 1.807) is 0 Å². The van der Waals surface area contributed by atoms with Crippen molar-refractivity contribution in [3.63, 3.8) is 0 Å². The summed E-state index contributed by atoms with van der Waals surface area (Å²) in [4.78, 5) is 12.5. The van der Waals surface area contributed by atoms with Crippen LogP contribution in [0.5, 0.6) is 0 Å². The molecule has 6 heteroatoms. The number of rotatable bonds is 5. The van der Waals surface area contributed by atoms with Crippen molar-refractivity contribution in [3.8, 4) is 11.6 Å². The third-order valence-corrected chi connectivity index (χ3v) is 7.06. The topological polar surface area (TPSA) is 38.9 Å². The Labute approximate surface area is 238 Å². The van der Waals surface area contributed by atoms with Crippen molar-refractivity contribution in [2.24, 2.45) is 0 Å². The minimum absolute atomic E-state index is 0. The molecule has 0 aliphatic rings. The molecule has 4 heterocycles. The normalized spacial score (nSPS) is 11.6. The van der Waals surface area contributed by atoms with Gasteiger partial charge in [0.2, 0.25) is 0 Å². The number of pyridine rings is 2. The van der Waals surface area contributed by atoms with Crippen LogP contribution in [0.2, 0.25) is 0 Å². The van der Waals surface area contributed by atoms with Crippen molar-refractivity contribution in [1.29, 1.82) is 0 Å². The maximum Gasteiger partial charge on any atom is 2.00 e. The van der Waals surface area contributed by atoms with Gasteiger partial charge in [-0.05, 0) is 39.0 Å². The standard InChI is InChI=1S/C32H29N5.Pt/c1-22-18-28(33-30(19-22)36-16-14-23-10-6-8-12-26(23)36)32(2,3)29-20-25(35(4)5)21-31(34-29)37-17-15-24-11-7-9-13-27(24)37;/h6-15,18-21H,1-5H3;/q-2;+2. The van der Waals surface area contributed by atoms with E-state index < -0.39 is 5.41 Å². The fraction of sp³-hybridized carbons (Fsp3) is 0.188. The molecule has 6 rings (SSSR count). The van der Waals surface area contributed by atoms with Crippen molar-refractivity contribution in [2.45, 2.75) is 26.2 Å². The molecule has 2 aromatic carbocycles. The van der Waals surface area contributed by atoms with Crippen LogP contribution in [0.1, 0.15) is 30.8 Å². The summed E-state index contributed by atoms with van der Waals surface area (Å²) in [6.07, 6.45) is 6.75. The molecule has 4 aromatic heterocycles. The fourth-order valence-corrected chi connectivity index (χ4v) is 4.82. The van der Waals surface area contributed by atoms with E-state index in [4.69, 9.17) is 9.97 Å². The number of aryl methyl sites for hydroxylation is 1. The van der Waals surface area contributed by atoms with E-state index in [1.807, 2.05) is 45.5 Å². The SMILES string of the molecule is Cc1cc(-n2[c-]cc3ccccc32)nc(C(C)(C)c2cc(N(C)C)cc(-n3[c-]cc4ccccc43)n2)c1.[Pt+2]. The molecular weight excluding hydrogens is 649 g/mol. The van der Waals surface area contributed by atoms with Crippen LogP contribution >= 0.6 is 0 Å². The summed E-state index contributed by atoms with van der Waals surface area (Å²) < 4.78 is 4.08. The molecule has 5 nitrogen and oxygen atoms in total. The molecule has 0 saturated carbocycles. The van der Waals surface area contributed by atoms with E-state index in [2.05, 4.69) is 101 Å². The zero-order valence-electron chi connectivity index (χ0n) is 22.1. The second-order valence-electron chi connectivity index (χ2n) is 10.3. The van der Waals surface area contributed by atoms with Gasteiger partial charge >= 0.3 is 21.1 Å². The number of hydrogen-bond donors (Lipinski definition) is 0. The predicted octanol–water partition coefficient (Wildman–Crippen LogP) is 6.66. The van der Waals surface area contributed by atoms with E-state index in [9.17, 15) is 0 Å². The van der Waals surface area contributed by atoms with Gasteiger partial charge in [-0.1, -0.05) is 71.5 Å². The van der Waals surface area contributed by atoms with Crippen LogP contribution in [-0.2, 0) is 26.5 Å². The van der Waals surface area contributed by atoms with Gasteiger partial charge in [0, 0.05) is 36.6 Å². The van der Waals surface area contributed by atoms with E-state index in [-0.39, 0.29) is 21.1 Å². The summed E-state index contributed by atoms with van der Waals surface area (Å²) in [5.41, 5.74) is 5.86. The summed E-state index contributed by atoms with van der Waals surface area (Å²) in [6.45, 7) is 6.50. The third-order valence-electron chi connectivity index (χ3n) is 7.06. The quantitative estimate of drug-likeness (QED) is 0.192. The van der Waals surface area contributed by atoms with Gasteiger partial charge in [0.25, 0.3) is 0 Å². The van der Waals surface area contributed by atoms with Gasteiger partial charge in [-0.3, -0.25) is 9.97 Å². The van der Waals surface area contributed by atoms with Crippen LogP contribution in [0, 0.1) is 19.3 Å². The van der Waals surface area contributed by atoms with Crippen molar-refractivity contribution >= 4 is 27.5 Å². The Kier molecular flexibility index (Phi) is 6.75. The molecule has 0 fully saturated rings. The Hall–Kier alpha value is -3.69. The van der Waals surface area contributed by atoms with Gasteiger partial charge < -0.3 is 14.0 Å². The Morgan fingerprint density at radius 3 is 1.76 bits per heavy atom. The van der Waals surface area contributed by atoms with E-state index >= 15 is 0 Å². The number of anilines is 1. The summed E-state index contributed by atoms with van der Waals surface area (Å²) in [7, 11) is 4.12. The molecule has 0 spiro atoms. The summed E-state index contributed by atoms with van der Waals surface area (Å²) in [5.74, 6) is 1.70. The minimum atomic E-state index is -0.451. The molecular formula is C32H29N5Pt. The average Bonchev–Trinajstić information content (AvgIpc) is 3.53. The first-order valence-corrected chi connectivity index (χ1v) is 12.5. The Morgan fingerprint density at radius 1 is 0.711 bits per heavy atom. The molecule has 0 N–H and O–H groups in total. The molecule has 38 heavy (non-hydrogen) atoms. The Morgan fingerprint density at radius 2 is 1.21 bits per heavy atom. The zero-order valence-corrected chi connectivity index (χ0v) is 24.4. The molecule has 0 bridgehead atoms. The average molecular weight is 679 g/mol. The van der Waals surface area contributed by atoms with Gasteiger partial charge in [0.1, 0.15) is 0 Å².